The number of hydrogen-bond acceptors (Lipinski definition) is 3. The molecule has 0 aliphatic carbocycles. The predicted molar refractivity (Wildman–Crippen MR) is 103 cm³/mol. The molecule has 0 bridgehead atoms. The number of nitrogens with zero attached hydrogens (tertiary/aromatic N) is 2. The molecule has 1 aliphatic heterocycles. The Bertz CT molecular complexity index is 828. The molecule has 5 nitrogen and oxygen atoms in total. The molecule has 0 unspecified atom stereocenters. The molecular weight excluding hydrogens is 345 g/mol. The summed E-state index contributed by atoms with van der Waals surface area (Å²) in [7, 11) is 0. The van der Waals surface area contributed by atoms with Crippen molar-refractivity contribution in [1.82, 2.24) is 10.2 Å². The van der Waals surface area contributed by atoms with Gasteiger partial charge in [-0.15, -0.1) is 0 Å². The number of aryl methyl sites for hydroxylation is 1. The van der Waals surface area contributed by atoms with Crippen LogP contribution in [-0.2, 0) is 4.79 Å². The third-order valence-electron chi connectivity index (χ3n) is 5.06. The Morgan fingerprint density at radius 1 is 1.00 bits per heavy atom. The number of benzene rings is 2. The van der Waals surface area contributed by atoms with Crippen LogP contribution < -0.4 is 10.2 Å². The number of hydrogen-bond donors (Lipinski definition) is 1. The van der Waals surface area contributed by atoms with E-state index in [0.29, 0.717) is 18.7 Å². The Balaban J connectivity index is 1.50. The van der Waals surface area contributed by atoms with Crippen molar-refractivity contribution in [2.45, 2.75) is 13.8 Å². The van der Waals surface area contributed by atoms with Gasteiger partial charge in [0.1, 0.15) is 5.82 Å². The molecule has 142 valence electrons. The maximum absolute atomic E-state index is 12.9. The number of amides is 2. The molecule has 0 atom stereocenters. The Morgan fingerprint density at radius 3 is 2.33 bits per heavy atom. The van der Waals surface area contributed by atoms with E-state index in [4.69, 9.17) is 0 Å². The zero-order valence-corrected chi connectivity index (χ0v) is 15.7. The molecule has 0 radical (unpaired) electrons. The lowest BCUT2D eigenvalue weighted by molar-refractivity contribution is -0.130. The summed E-state index contributed by atoms with van der Waals surface area (Å²) in [5.74, 6) is -0.882. The molecule has 1 N–H and O–H groups in total. The van der Waals surface area contributed by atoms with E-state index < -0.39 is 5.82 Å². The van der Waals surface area contributed by atoms with Crippen LogP contribution in [0.1, 0.15) is 21.5 Å². The van der Waals surface area contributed by atoms with Crippen LogP contribution in [0.3, 0.4) is 0 Å². The van der Waals surface area contributed by atoms with Gasteiger partial charge in [0.15, 0.2) is 0 Å². The van der Waals surface area contributed by atoms with E-state index in [1.807, 2.05) is 0 Å². The lowest BCUT2D eigenvalue weighted by atomic mass is 10.1. The van der Waals surface area contributed by atoms with Crippen LogP contribution in [0, 0.1) is 19.7 Å². The average molecular weight is 369 g/mol. The van der Waals surface area contributed by atoms with E-state index in [-0.39, 0.29) is 18.4 Å². The second kappa shape index (κ2) is 8.20. The first kappa shape index (κ1) is 18.9. The molecule has 1 fully saturated rings. The molecule has 0 aromatic heterocycles. The van der Waals surface area contributed by atoms with E-state index in [1.165, 1.54) is 41.1 Å². The maximum Gasteiger partial charge on any atom is 0.251 e. The highest BCUT2D eigenvalue weighted by Gasteiger charge is 2.22. The van der Waals surface area contributed by atoms with Crippen LogP contribution >= 0.6 is 0 Å². The molecule has 0 spiro atoms. The summed E-state index contributed by atoms with van der Waals surface area (Å²) in [5.41, 5.74) is 4.08. The topological polar surface area (TPSA) is 52.6 Å². The summed E-state index contributed by atoms with van der Waals surface area (Å²) in [4.78, 5) is 28.5. The van der Waals surface area contributed by atoms with E-state index in [9.17, 15) is 14.0 Å². The van der Waals surface area contributed by atoms with Crippen LogP contribution in [0.2, 0.25) is 0 Å². The number of halogens is 1. The summed E-state index contributed by atoms with van der Waals surface area (Å²) in [6, 6.07) is 11.5. The second-order valence-corrected chi connectivity index (χ2v) is 6.78. The van der Waals surface area contributed by atoms with Gasteiger partial charge in [-0.3, -0.25) is 9.59 Å². The number of carbonyl (C=O) groups excluding carboxylic acids is 2. The molecule has 2 aromatic carbocycles. The Hall–Kier alpha value is -2.89. The molecular formula is C21H24FN3O2. The van der Waals surface area contributed by atoms with Crippen molar-refractivity contribution in [3.63, 3.8) is 0 Å². The van der Waals surface area contributed by atoms with Crippen molar-refractivity contribution in [2.75, 3.05) is 37.6 Å². The fourth-order valence-corrected chi connectivity index (χ4v) is 3.25. The molecule has 1 saturated heterocycles. The minimum atomic E-state index is -0.399. The zero-order chi connectivity index (χ0) is 19.4. The van der Waals surface area contributed by atoms with Gasteiger partial charge in [0.2, 0.25) is 5.91 Å². The molecule has 3 rings (SSSR count). The first-order valence-corrected chi connectivity index (χ1v) is 9.08. The standard InChI is InChI=1S/C21H24FN3O2/c1-15-4-3-5-19(16(15)2)24-10-12-25(13-11-24)20(26)14-23-21(27)17-6-8-18(22)9-7-17/h3-9H,10-14H2,1-2H3,(H,23,27). The van der Waals surface area contributed by atoms with Crippen LogP contribution in [0.5, 0.6) is 0 Å². The van der Waals surface area contributed by atoms with E-state index in [0.717, 1.165) is 13.1 Å². The van der Waals surface area contributed by atoms with Crippen molar-refractivity contribution in [3.05, 3.63) is 65.0 Å². The molecule has 1 aliphatic rings. The largest absolute Gasteiger partial charge is 0.368 e. The van der Waals surface area contributed by atoms with E-state index in [2.05, 4.69) is 42.3 Å². The zero-order valence-electron chi connectivity index (χ0n) is 15.7. The maximum atomic E-state index is 12.9. The third kappa shape index (κ3) is 4.45. The van der Waals surface area contributed by atoms with Crippen LogP contribution in [0.15, 0.2) is 42.5 Å². The number of anilines is 1. The second-order valence-electron chi connectivity index (χ2n) is 6.78. The lowest BCUT2D eigenvalue weighted by Gasteiger charge is -2.37. The minimum absolute atomic E-state index is 0.0559. The SMILES string of the molecule is Cc1cccc(N2CCN(C(=O)CNC(=O)c3ccc(F)cc3)CC2)c1C. The van der Waals surface area contributed by atoms with Gasteiger partial charge in [0.25, 0.3) is 5.91 Å². The van der Waals surface area contributed by atoms with Crippen LogP contribution in [0.25, 0.3) is 0 Å². The van der Waals surface area contributed by atoms with Gasteiger partial charge in [-0.2, -0.15) is 0 Å². The van der Waals surface area contributed by atoms with Gasteiger partial charge < -0.3 is 15.1 Å². The van der Waals surface area contributed by atoms with Crippen LogP contribution in [0.4, 0.5) is 10.1 Å². The summed E-state index contributed by atoms with van der Waals surface area (Å²) in [6.45, 7) is 6.94. The van der Waals surface area contributed by atoms with Crippen molar-refractivity contribution in [3.8, 4) is 0 Å². The highest BCUT2D eigenvalue weighted by atomic mass is 19.1. The van der Waals surface area contributed by atoms with Crippen molar-refractivity contribution < 1.29 is 14.0 Å². The monoisotopic (exact) mass is 369 g/mol. The van der Waals surface area contributed by atoms with Gasteiger partial charge in [0, 0.05) is 37.4 Å². The smallest absolute Gasteiger partial charge is 0.251 e. The van der Waals surface area contributed by atoms with Crippen molar-refractivity contribution in [1.29, 1.82) is 0 Å². The molecule has 2 amide bonds. The predicted octanol–water partition coefficient (Wildman–Crippen LogP) is 2.52. The summed E-state index contributed by atoms with van der Waals surface area (Å²) < 4.78 is 12.9. The first-order valence-electron chi connectivity index (χ1n) is 9.08. The Morgan fingerprint density at radius 2 is 1.67 bits per heavy atom. The van der Waals surface area contributed by atoms with E-state index in [1.54, 1.807) is 4.90 Å². The number of nitrogens with one attached hydrogen (secondary N) is 1. The molecule has 27 heavy (non-hydrogen) atoms. The van der Waals surface area contributed by atoms with Gasteiger partial charge in [0.05, 0.1) is 6.54 Å². The Labute approximate surface area is 158 Å². The van der Waals surface area contributed by atoms with Gasteiger partial charge in [-0.05, 0) is 55.3 Å². The number of piperazine rings is 1. The third-order valence-corrected chi connectivity index (χ3v) is 5.06. The van der Waals surface area contributed by atoms with Crippen LogP contribution in [-0.4, -0.2) is 49.4 Å². The molecule has 6 heteroatoms. The fraction of sp³-hybridized carbons (Fsp3) is 0.333. The highest BCUT2D eigenvalue weighted by molar-refractivity contribution is 5.96. The first-order chi connectivity index (χ1) is 13.0. The Kier molecular flexibility index (Phi) is 5.74. The van der Waals surface area contributed by atoms with Crippen molar-refractivity contribution in [2.24, 2.45) is 0 Å². The molecule has 2 aromatic rings. The van der Waals surface area contributed by atoms with Gasteiger partial charge in [-0.25, -0.2) is 4.39 Å². The van der Waals surface area contributed by atoms with Gasteiger partial charge >= 0.3 is 0 Å². The molecule has 0 saturated carbocycles. The average Bonchev–Trinajstić information content (AvgIpc) is 2.68. The summed E-state index contributed by atoms with van der Waals surface area (Å²) in [5, 5.41) is 2.61. The normalized spacial score (nSPS) is 14.2. The molecule has 1 heterocycles. The summed E-state index contributed by atoms with van der Waals surface area (Å²) in [6.07, 6.45) is 0. The van der Waals surface area contributed by atoms with Gasteiger partial charge in [-0.1, -0.05) is 12.1 Å². The minimum Gasteiger partial charge on any atom is -0.368 e. The van der Waals surface area contributed by atoms with Crippen molar-refractivity contribution >= 4 is 17.5 Å². The lowest BCUT2D eigenvalue weighted by Crippen LogP contribution is -2.51. The number of carbonyl (C=O) groups is 2. The fourth-order valence-electron chi connectivity index (χ4n) is 3.25. The summed E-state index contributed by atoms with van der Waals surface area (Å²) >= 11 is 0. The quantitative estimate of drug-likeness (QED) is 0.901. The highest BCUT2D eigenvalue weighted by Crippen LogP contribution is 2.23. The number of rotatable bonds is 4. The van der Waals surface area contributed by atoms with E-state index >= 15 is 0 Å².